The topological polar surface area (TPSA) is 101 Å². The first-order valence-electron chi connectivity index (χ1n) is 14.0. The van der Waals surface area contributed by atoms with Crippen LogP contribution in [0, 0.1) is 29.1 Å². The van der Waals surface area contributed by atoms with Gasteiger partial charge in [0.25, 0.3) is 0 Å². The molecule has 1 aliphatic heterocycles. The molecule has 9 heteroatoms. The predicted molar refractivity (Wildman–Crippen MR) is 165 cm³/mol. The Balaban J connectivity index is 1.48. The second-order valence-electron chi connectivity index (χ2n) is 12.2. The van der Waals surface area contributed by atoms with Gasteiger partial charge in [0, 0.05) is 41.6 Å². The molecule has 4 aromatic rings. The van der Waals surface area contributed by atoms with E-state index in [1.54, 1.807) is 18.5 Å². The van der Waals surface area contributed by atoms with Gasteiger partial charge in [-0.15, -0.1) is 12.0 Å². The molecule has 0 unspecified atom stereocenters. The van der Waals surface area contributed by atoms with Crippen molar-refractivity contribution < 1.29 is 4.39 Å². The maximum absolute atomic E-state index is 13.9. The van der Waals surface area contributed by atoms with Gasteiger partial charge in [0.05, 0.1) is 45.1 Å². The van der Waals surface area contributed by atoms with Crippen LogP contribution in [-0.2, 0) is 0 Å². The number of fused-ring (bicyclic) bond motifs is 2. The van der Waals surface area contributed by atoms with E-state index in [0.717, 1.165) is 46.1 Å². The number of terminal acetylenes is 1. The second-order valence-corrected chi connectivity index (χ2v) is 12.2. The zero-order valence-corrected chi connectivity index (χ0v) is 23.9. The molecule has 1 atom stereocenters. The van der Waals surface area contributed by atoms with E-state index < -0.39 is 12.2 Å². The summed E-state index contributed by atoms with van der Waals surface area (Å²) in [7, 11) is 0. The summed E-state index contributed by atoms with van der Waals surface area (Å²) in [6, 6.07) is 15.7. The maximum Gasteiger partial charge on any atom is 0.114 e. The molecule has 6 rings (SSSR count). The van der Waals surface area contributed by atoms with E-state index in [0.29, 0.717) is 28.9 Å². The van der Waals surface area contributed by atoms with E-state index in [9.17, 15) is 9.65 Å². The van der Waals surface area contributed by atoms with Gasteiger partial charge in [-0.25, -0.2) is 4.39 Å². The first-order chi connectivity index (χ1) is 20.2. The fraction of sp³-hybridized carbons (Fsp3) is 0.303. The third-order valence-corrected chi connectivity index (χ3v) is 7.83. The van der Waals surface area contributed by atoms with Crippen LogP contribution in [0.25, 0.3) is 21.8 Å². The highest BCUT2D eigenvalue weighted by Gasteiger charge is 2.49. The van der Waals surface area contributed by atoms with Crippen LogP contribution in [0.1, 0.15) is 56.3 Å². The minimum Gasteiger partial charge on any atom is -0.383 e. The number of alkyl halides is 1. The van der Waals surface area contributed by atoms with Gasteiger partial charge in [0.15, 0.2) is 0 Å². The van der Waals surface area contributed by atoms with Crippen LogP contribution in [0.15, 0.2) is 66.8 Å². The number of nitriles is 1. The van der Waals surface area contributed by atoms with Crippen molar-refractivity contribution in [2.75, 3.05) is 23.9 Å². The Bertz CT molecular complexity index is 1780. The normalized spacial score (nSPS) is 16.3. The summed E-state index contributed by atoms with van der Waals surface area (Å²) in [5.74, 6) is 2.74. The highest BCUT2D eigenvalue weighted by atomic mass is 19.1. The van der Waals surface area contributed by atoms with Crippen LogP contribution >= 0.6 is 0 Å². The van der Waals surface area contributed by atoms with E-state index in [2.05, 4.69) is 70.4 Å². The molecule has 1 saturated carbocycles. The number of hydrazine groups is 2. The number of halogens is 1. The number of rotatable bonds is 8. The van der Waals surface area contributed by atoms with Crippen molar-refractivity contribution >= 4 is 33.2 Å². The Morgan fingerprint density at radius 2 is 1.98 bits per heavy atom. The molecule has 0 bridgehead atoms. The van der Waals surface area contributed by atoms with Gasteiger partial charge in [0.2, 0.25) is 0 Å². The molecule has 2 aromatic carbocycles. The minimum atomic E-state index is -0.526. The molecule has 0 amide bonds. The smallest absolute Gasteiger partial charge is 0.114 e. The van der Waals surface area contributed by atoms with Crippen LogP contribution in [0.5, 0.6) is 0 Å². The molecule has 1 aliphatic carbocycles. The second kappa shape index (κ2) is 10.5. The number of nitrogens with one attached hydrogen (secondary N) is 4. The molecule has 8 nitrogen and oxygen atoms in total. The van der Waals surface area contributed by atoms with Gasteiger partial charge >= 0.3 is 0 Å². The molecule has 3 heterocycles. The van der Waals surface area contributed by atoms with Crippen molar-refractivity contribution in [2.24, 2.45) is 5.41 Å². The van der Waals surface area contributed by atoms with Gasteiger partial charge in [-0.1, -0.05) is 44.9 Å². The Morgan fingerprint density at radius 3 is 2.69 bits per heavy atom. The Hall–Kier alpha value is -4.86. The van der Waals surface area contributed by atoms with Crippen LogP contribution in [-0.4, -0.2) is 33.7 Å². The van der Waals surface area contributed by atoms with Gasteiger partial charge in [-0.05, 0) is 48.1 Å². The average molecular weight is 561 g/mol. The lowest BCUT2D eigenvalue weighted by atomic mass is 9.96. The third-order valence-electron chi connectivity index (χ3n) is 7.83. The summed E-state index contributed by atoms with van der Waals surface area (Å²) in [4.78, 5) is 9.11. The number of hydrogen-bond acceptors (Lipinski definition) is 8. The van der Waals surface area contributed by atoms with Crippen molar-refractivity contribution in [2.45, 2.75) is 45.2 Å². The molecule has 1 fully saturated rings. The van der Waals surface area contributed by atoms with E-state index in [1.165, 1.54) is 0 Å². The first kappa shape index (κ1) is 27.3. The predicted octanol–water partition coefficient (Wildman–Crippen LogP) is 5.92. The summed E-state index contributed by atoms with van der Waals surface area (Å²) in [6.45, 7) is 6.67. The molecule has 2 aromatic heterocycles. The Labute approximate surface area is 245 Å². The maximum atomic E-state index is 13.9. The van der Waals surface area contributed by atoms with Gasteiger partial charge < -0.3 is 16.1 Å². The number of benzene rings is 2. The van der Waals surface area contributed by atoms with Crippen molar-refractivity contribution in [3.05, 3.63) is 83.4 Å². The molecule has 212 valence electrons. The van der Waals surface area contributed by atoms with Gasteiger partial charge in [-0.3, -0.25) is 15.0 Å². The monoisotopic (exact) mass is 560 g/mol. The van der Waals surface area contributed by atoms with E-state index >= 15 is 0 Å². The number of nitrogens with zero attached hydrogens (tertiary/aromatic N) is 4. The zero-order chi connectivity index (χ0) is 29.5. The van der Waals surface area contributed by atoms with E-state index in [4.69, 9.17) is 6.42 Å². The van der Waals surface area contributed by atoms with E-state index in [-0.39, 0.29) is 11.5 Å². The highest BCUT2D eigenvalue weighted by molar-refractivity contribution is 5.99. The van der Waals surface area contributed by atoms with Crippen LogP contribution in [0.4, 0.5) is 15.8 Å². The first-order valence-corrected chi connectivity index (χ1v) is 14.0. The van der Waals surface area contributed by atoms with Crippen molar-refractivity contribution in [3.63, 3.8) is 0 Å². The lowest BCUT2D eigenvalue weighted by Gasteiger charge is -2.24. The number of pyridine rings is 2. The van der Waals surface area contributed by atoms with Crippen molar-refractivity contribution in [1.29, 1.82) is 5.26 Å². The quantitative estimate of drug-likeness (QED) is 0.197. The largest absolute Gasteiger partial charge is 0.383 e. The SMILES string of the molecule is C#Cc1cnc2c(C#N)cc(N[C@H](C3=CN(C4(CF)CC4)NN3)c3cccc4ncccc34)cc2c1NCC(C)(C)C. The molecule has 0 spiro atoms. The fourth-order valence-electron chi connectivity index (χ4n) is 5.31. The number of hydrogen-bond donors (Lipinski definition) is 4. The van der Waals surface area contributed by atoms with Gasteiger partial charge in [0.1, 0.15) is 12.7 Å². The summed E-state index contributed by atoms with van der Waals surface area (Å²) in [5.41, 5.74) is 11.7. The summed E-state index contributed by atoms with van der Waals surface area (Å²) in [5, 5.41) is 20.9. The summed E-state index contributed by atoms with van der Waals surface area (Å²) < 4.78 is 13.9. The molecule has 0 radical (unpaired) electrons. The molecule has 42 heavy (non-hydrogen) atoms. The number of anilines is 2. The van der Waals surface area contributed by atoms with Crippen molar-refractivity contribution in [1.82, 2.24) is 25.9 Å². The molecule has 2 aliphatic rings. The molecule has 0 saturated heterocycles. The molecule has 4 N–H and O–H groups in total. The molecular formula is C33H33FN8. The third kappa shape index (κ3) is 5.04. The van der Waals surface area contributed by atoms with Crippen LogP contribution in [0.2, 0.25) is 0 Å². The summed E-state index contributed by atoms with van der Waals surface area (Å²) >= 11 is 0. The fourth-order valence-corrected chi connectivity index (χ4v) is 5.31. The van der Waals surface area contributed by atoms with Crippen LogP contribution < -0.4 is 21.6 Å². The number of aromatic nitrogens is 2. The standard InChI is InChI=1S/C33H33FN8/c1-5-21-17-37-30-22(16-35)14-23(15-26(30)29(21)38-20-32(2,3)4)39-31(25-8-6-10-27-24(25)9-7-13-36-27)28-18-42(41-40-28)33(19-34)11-12-33/h1,6-10,13-15,17-18,31,39-41H,11-12,19-20H2,2-4H3,(H,37,38)/t31-/m0/s1. The van der Waals surface area contributed by atoms with Crippen LogP contribution in [0.3, 0.4) is 0 Å². The van der Waals surface area contributed by atoms with E-state index in [1.807, 2.05) is 41.5 Å². The lowest BCUT2D eigenvalue weighted by molar-refractivity contribution is 0.146. The van der Waals surface area contributed by atoms with Gasteiger partial charge in [-0.2, -0.15) is 5.26 Å². The zero-order valence-electron chi connectivity index (χ0n) is 23.9. The average Bonchev–Trinajstić information content (AvgIpc) is 3.64. The summed E-state index contributed by atoms with van der Waals surface area (Å²) in [6.07, 6.45) is 12.8. The Kier molecular flexibility index (Phi) is 6.84. The minimum absolute atomic E-state index is 0.000891. The lowest BCUT2D eigenvalue weighted by Crippen LogP contribution is -2.46. The highest BCUT2D eigenvalue weighted by Crippen LogP contribution is 2.43. The Morgan fingerprint density at radius 1 is 1.14 bits per heavy atom. The van der Waals surface area contributed by atoms with Crippen molar-refractivity contribution in [3.8, 4) is 18.4 Å². The molecular weight excluding hydrogens is 527 g/mol.